The maximum atomic E-state index is 13.3. The van der Waals surface area contributed by atoms with Crippen LogP contribution < -0.4 is 5.48 Å². The molecule has 0 spiro atoms. The molecule has 1 N–H and O–H groups in total. The van der Waals surface area contributed by atoms with Crippen molar-refractivity contribution in [1.82, 2.24) is 20.0 Å². The number of benzene rings is 1. The molecule has 1 aliphatic rings. The minimum atomic E-state index is -4.58. The van der Waals surface area contributed by atoms with Gasteiger partial charge in [-0.2, -0.15) is 13.2 Å². The maximum absolute atomic E-state index is 13.3. The molecule has 6 nitrogen and oxygen atoms in total. The van der Waals surface area contributed by atoms with Crippen molar-refractivity contribution in [1.29, 1.82) is 0 Å². The zero-order valence-corrected chi connectivity index (χ0v) is 14.0. The number of aryl methyl sites for hydroxylation is 1. The molecule has 27 heavy (non-hydrogen) atoms. The van der Waals surface area contributed by atoms with Crippen LogP contribution in [0.5, 0.6) is 0 Å². The van der Waals surface area contributed by atoms with Gasteiger partial charge in [-0.25, -0.2) is 24.7 Å². The predicted molar refractivity (Wildman–Crippen MR) is 88.4 cm³/mol. The number of imidazole rings is 1. The summed E-state index contributed by atoms with van der Waals surface area (Å²) >= 11 is 0. The molecule has 1 aromatic carbocycles. The van der Waals surface area contributed by atoms with Crippen LogP contribution in [0.4, 0.5) is 17.6 Å². The SMILES string of the molecule is Cc1nc2cc(F)ccc2n1Cc1ccc(C2=NC(C(F)(F)F)ON2)cn1. The number of hydroxylamine groups is 1. The van der Waals surface area contributed by atoms with Gasteiger partial charge in [-0.15, -0.1) is 0 Å². The fourth-order valence-electron chi connectivity index (χ4n) is 2.80. The summed E-state index contributed by atoms with van der Waals surface area (Å²) in [6.07, 6.45) is -5.40. The number of fused-ring (bicyclic) bond motifs is 1. The molecule has 4 rings (SSSR count). The number of hydrogen-bond donors (Lipinski definition) is 1. The Morgan fingerprint density at radius 3 is 2.70 bits per heavy atom. The summed E-state index contributed by atoms with van der Waals surface area (Å²) in [6, 6.07) is 7.64. The molecule has 0 radical (unpaired) electrons. The van der Waals surface area contributed by atoms with Crippen LogP contribution in [-0.2, 0) is 11.4 Å². The Bertz CT molecular complexity index is 1030. The van der Waals surface area contributed by atoms with Gasteiger partial charge >= 0.3 is 6.18 Å². The monoisotopic (exact) mass is 379 g/mol. The lowest BCUT2D eigenvalue weighted by molar-refractivity contribution is -0.220. The van der Waals surface area contributed by atoms with E-state index in [1.165, 1.54) is 18.3 Å². The maximum Gasteiger partial charge on any atom is 0.437 e. The second kappa shape index (κ2) is 6.31. The lowest BCUT2D eigenvalue weighted by Gasteiger charge is -2.08. The molecule has 0 bridgehead atoms. The highest BCUT2D eigenvalue weighted by atomic mass is 19.4. The van der Waals surface area contributed by atoms with Gasteiger partial charge in [0.25, 0.3) is 6.23 Å². The fourth-order valence-corrected chi connectivity index (χ4v) is 2.80. The van der Waals surface area contributed by atoms with Gasteiger partial charge in [0.1, 0.15) is 11.6 Å². The zero-order valence-electron chi connectivity index (χ0n) is 14.0. The summed E-state index contributed by atoms with van der Waals surface area (Å²) in [5.74, 6) is 0.305. The lowest BCUT2D eigenvalue weighted by Crippen LogP contribution is -2.29. The molecule has 0 saturated carbocycles. The van der Waals surface area contributed by atoms with Crippen LogP contribution in [0, 0.1) is 12.7 Å². The van der Waals surface area contributed by atoms with Gasteiger partial charge in [0.05, 0.1) is 23.3 Å². The molecule has 0 saturated heterocycles. The normalized spacial score (nSPS) is 17.2. The molecule has 0 aliphatic carbocycles. The summed E-state index contributed by atoms with van der Waals surface area (Å²) in [4.78, 5) is 16.5. The Hall–Kier alpha value is -3.01. The number of nitrogens with one attached hydrogen (secondary N) is 1. The molecule has 140 valence electrons. The Kier molecular flexibility index (Phi) is 4.06. The second-order valence-electron chi connectivity index (χ2n) is 6.01. The molecule has 3 aromatic rings. The average Bonchev–Trinajstić information content (AvgIpc) is 3.21. The summed E-state index contributed by atoms with van der Waals surface area (Å²) in [7, 11) is 0. The first-order valence-electron chi connectivity index (χ1n) is 7.95. The highest BCUT2D eigenvalue weighted by Crippen LogP contribution is 2.26. The summed E-state index contributed by atoms with van der Waals surface area (Å²) in [5, 5.41) is 0. The number of aliphatic imine (C=N–C) groups is 1. The molecular weight excluding hydrogens is 366 g/mol. The van der Waals surface area contributed by atoms with Crippen LogP contribution in [0.15, 0.2) is 41.5 Å². The van der Waals surface area contributed by atoms with Crippen LogP contribution in [-0.4, -0.2) is 32.8 Å². The third kappa shape index (κ3) is 3.35. The second-order valence-corrected chi connectivity index (χ2v) is 6.01. The minimum Gasteiger partial charge on any atom is -0.322 e. The number of amidine groups is 1. The van der Waals surface area contributed by atoms with E-state index in [1.54, 1.807) is 25.1 Å². The largest absolute Gasteiger partial charge is 0.437 e. The first kappa shape index (κ1) is 17.4. The number of aromatic nitrogens is 3. The van der Waals surface area contributed by atoms with Gasteiger partial charge in [-0.3, -0.25) is 4.98 Å². The third-order valence-electron chi connectivity index (χ3n) is 4.11. The van der Waals surface area contributed by atoms with E-state index in [2.05, 4.69) is 25.3 Å². The van der Waals surface area contributed by atoms with Gasteiger partial charge in [0.2, 0.25) is 0 Å². The van der Waals surface area contributed by atoms with Crippen LogP contribution in [0.1, 0.15) is 17.1 Å². The fraction of sp³-hybridized carbons (Fsp3) is 0.235. The average molecular weight is 379 g/mol. The van der Waals surface area contributed by atoms with Crippen molar-refractivity contribution in [3.63, 3.8) is 0 Å². The van der Waals surface area contributed by atoms with Gasteiger partial charge in [0.15, 0.2) is 5.84 Å². The summed E-state index contributed by atoms with van der Waals surface area (Å²) in [5.41, 5.74) is 4.52. The van der Waals surface area contributed by atoms with Gasteiger partial charge < -0.3 is 4.57 Å². The summed E-state index contributed by atoms with van der Waals surface area (Å²) < 4.78 is 53.0. The third-order valence-corrected chi connectivity index (χ3v) is 4.11. The van der Waals surface area contributed by atoms with E-state index in [0.717, 1.165) is 5.52 Å². The molecule has 2 aromatic heterocycles. The molecule has 1 aliphatic heterocycles. The topological polar surface area (TPSA) is 64.3 Å². The van der Waals surface area contributed by atoms with Crippen LogP contribution in [0.2, 0.25) is 0 Å². The molecule has 3 heterocycles. The van der Waals surface area contributed by atoms with Crippen molar-refractivity contribution in [3.05, 3.63) is 59.4 Å². The molecule has 10 heteroatoms. The molecule has 0 fully saturated rings. The van der Waals surface area contributed by atoms with Crippen molar-refractivity contribution in [2.75, 3.05) is 0 Å². The van der Waals surface area contributed by atoms with E-state index in [0.29, 0.717) is 29.1 Å². The minimum absolute atomic E-state index is 0.0314. The van der Waals surface area contributed by atoms with E-state index < -0.39 is 12.4 Å². The number of alkyl halides is 3. The Morgan fingerprint density at radius 2 is 2.04 bits per heavy atom. The van der Waals surface area contributed by atoms with Gasteiger partial charge in [0, 0.05) is 17.8 Å². The first-order chi connectivity index (χ1) is 12.8. The Balaban J connectivity index is 1.57. The highest BCUT2D eigenvalue weighted by Gasteiger charge is 2.44. The number of rotatable bonds is 3. The van der Waals surface area contributed by atoms with Gasteiger partial charge in [-0.05, 0) is 31.2 Å². The van der Waals surface area contributed by atoms with Crippen molar-refractivity contribution in [2.45, 2.75) is 25.9 Å². The van der Waals surface area contributed by atoms with E-state index in [9.17, 15) is 17.6 Å². The van der Waals surface area contributed by atoms with E-state index >= 15 is 0 Å². The number of hydrogen-bond acceptors (Lipinski definition) is 5. The van der Waals surface area contributed by atoms with Crippen LogP contribution in [0.25, 0.3) is 11.0 Å². The summed E-state index contributed by atoms with van der Waals surface area (Å²) in [6.45, 7) is 2.19. The smallest absolute Gasteiger partial charge is 0.322 e. The Labute approximate surface area is 150 Å². The van der Waals surface area contributed by atoms with E-state index in [-0.39, 0.29) is 11.7 Å². The zero-order chi connectivity index (χ0) is 19.2. The van der Waals surface area contributed by atoms with Crippen molar-refractivity contribution in [3.8, 4) is 0 Å². The lowest BCUT2D eigenvalue weighted by atomic mass is 10.2. The Morgan fingerprint density at radius 1 is 1.22 bits per heavy atom. The van der Waals surface area contributed by atoms with Crippen LogP contribution in [0.3, 0.4) is 0 Å². The quantitative estimate of drug-likeness (QED) is 0.711. The van der Waals surface area contributed by atoms with Crippen molar-refractivity contribution in [2.24, 2.45) is 4.99 Å². The van der Waals surface area contributed by atoms with Gasteiger partial charge in [-0.1, -0.05) is 0 Å². The number of halogens is 4. The standard InChI is InChI=1S/C17H13F4N5O/c1-9-23-13-6-11(18)3-5-14(13)26(9)8-12-4-2-10(7-22-12)15-24-16(27-25-15)17(19,20)21/h2-7,16H,8H2,1H3,(H,24,25). The van der Waals surface area contributed by atoms with Crippen molar-refractivity contribution < 1.29 is 22.4 Å². The predicted octanol–water partition coefficient (Wildman–Crippen LogP) is 3.10. The number of nitrogens with zero attached hydrogens (tertiary/aromatic N) is 4. The molecule has 1 unspecified atom stereocenters. The first-order valence-corrected chi connectivity index (χ1v) is 7.95. The van der Waals surface area contributed by atoms with Crippen molar-refractivity contribution >= 4 is 16.9 Å². The number of pyridine rings is 1. The van der Waals surface area contributed by atoms with E-state index in [1.807, 2.05) is 4.57 Å². The highest BCUT2D eigenvalue weighted by molar-refractivity contribution is 5.98. The van der Waals surface area contributed by atoms with E-state index in [4.69, 9.17) is 0 Å². The molecular formula is C17H13F4N5O. The molecule has 1 atom stereocenters. The molecule has 0 amide bonds. The van der Waals surface area contributed by atoms with Crippen LogP contribution >= 0.6 is 0 Å².